The second kappa shape index (κ2) is 13.4. The second-order valence-corrected chi connectivity index (χ2v) is 9.33. The first-order chi connectivity index (χ1) is 13.9. The quantitative estimate of drug-likeness (QED) is 0.426. The Balaban J connectivity index is 1.36. The Hall–Kier alpha value is -0.860. The molecule has 0 unspecified atom stereocenters. The highest BCUT2D eigenvalue weighted by molar-refractivity contribution is 5.14. The molecule has 2 nitrogen and oxygen atoms in total. The molecular weight excluding hydrogens is 340 g/mol. The standard InChI is InChI=1S/C26H44N2/c1-4-13-25(14-5-1)15-10-16-26(17-11-23-27-19-6-2-7-20-27)18-12-24-28-21-8-3-9-22-28/h1,4-5,13-14,26H,2-3,6-12,15-24H2. The minimum absolute atomic E-state index is 0.943. The van der Waals surface area contributed by atoms with Crippen molar-refractivity contribution in [2.75, 3.05) is 39.3 Å². The van der Waals surface area contributed by atoms with Gasteiger partial charge in [0.25, 0.3) is 0 Å². The molecule has 1 aromatic rings. The van der Waals surface area contributed by atoms with Crippen LogP contribution in [0.2, 0.25) is 0 Å². The summed E-state index contributed by atoms with van der Waals surface area (Å²) >= 11 is 0. The zero-order valence-corrected chi connectivity index (χ0v) is 18.3. The van der Waals surface area contributed by atoms with Gasteiger partial charge in [-0.2, -0.15) is 0 Å². The molecule has 28 heavy (non-hydrogen) atoms. The van der Waals surface area contributed by atoms with Crippen LogP contribution in [-0.2, 0) is 6.42 Å². The Morgan fingerprint density at radius 2 is 1.11 bits per heavy atom. The fraction of sp³-hybridized carbons (Fsp3) is 0.769. The maximum Gasteiger partial charge on any atom is -0.00186 e. The highest BCUT2D eigenvalue weighted by Gasteiger charge is 2.14. The van der Waals surface area contributed by atoms with Crippen LogP contribution in [0.5, 0.6) is 0 Å². The zero-order valence-electron chi connectivity index (χ0n) is 18.3. The van der Waals surface area contributed by atoms with Crippen LogP contribution in [0.15, 0.2) is 30.3 Å². The van der Waals surface area contributed by atoms with E-state index in [1.807, 2.05) is 0 Å². The SMILES string of the molecule is c1ccc(CCCC(CCCN2CCCCC2)CCCN2CCCCC2)cc1. The minimum Gasteiger partial charge on any atom is -0.303 e. The van der Waals surface area contributed by atoms with E-state index >= 15 is 0 Å². The van der Waals surface area contributed by atoms with Crippen LogP contribution in [-0.4, -0.2) is 49.1 Å². The van der Waals surface area contributed by atoms with Gasteiger partial charge in [-0.25, -0.2) is 0 Å². The number of hydrogen-bond acceptors (Lipinski definition) is 2. The molecule has 1 aromatic carbocycles. The summed E-state index contributed by atoms with van der Waals surface area (Å²) in [5.41, 5.74) is 1.52. The van der Waals surface area contributed by atoms with Crippen molar-refractivity contribution in [1.29, 1.82) is 0 Å². The molecule has 2 heteroatoms. The average Bonchev–Trinajstić information content (AvgIpc) is 2.76. The third-order valence-electron chi connectivity index (χ3n) is 6.99. The summed E-state index contributed by atoms with van der Waals surface area (Å²) < 4.78 is 0. The van der Waals surface area contributed by atoms with E-state index in [0.717, 1.165) is 5.92 Å². The normalized spacial score (nSPS) is 19.3. The number of rotatable bonds is 12. The zero-order chi connectivity index (χ0) is 19.3. The Morgan fingerprint density at radius 3 is 1.64 bits per heavy atom. The van der Waals surface area contributed by atoms with E-state index in [0.29, 0.717) is 0 Å². The van der Waals surface area contributed by atoms with Gasteiger partial charge in [0.05, 0.1) is 0 Å². The summed E-state index contributed by atoms with van der Waals surface area (Å²) in [6.45, 7) is 8.12. The molecule has 0 aromatic heterocycles. The lowest BCUT2D eigenvalue weighted by Crippen LogP contribution is -2.31. The molecule has 2 saturated heterocycles. The van der Waals surface area contributed by atoms with Crippen LogP contribution >= 0.6 is 0 Å². The van der Waals surface area contributed by atoms with Crippen LogP contribution in [0.1, 0.15) is 82.6 Å². The van der Waals surface area contributed by atoms with E-state index < -0.39 is 0 Å². The highest BCUT2D eigenvalue weighted by Crippen LogP contribution is 2.23. The third kappa shape index (κ3) is 8.66. The second-order valence-electron chi connectivity index (χ2n) is 9.33. The Kier molecular flexibility index (Phi) is 10.4. The number of aryl methyl sites for hydroxylation is 1. The lowest BCUT2D eigenvalue weighted by Gasteiger charge is -2.28. The van der Waals surface area contributed by atoms with Gasteiger partial charge in [-0.3, -0.25) is 0 Å². The number of likely N-dealkylation sites (tertiary alicyclic amines) is 2. The minimum atomic E-state index is 0.943. The average molecular weight is 385 g/mol. The van der Waals surface area contributed by atoms with Gasteiger partial charge in [-0.05, 0) is 115 Å². The topological polar surface area (TPSA) is 6.48 Å². The van der Waals surface area contributed by atoms with Gasteiger partial charge in [-0.1, -0.05) is 49.6 Å². The third-order valence-corrected chi connectivity index (χ3v) is 6.99. The summed E-state index contributed by atoms with van der Waals surface area (Å²) in [7, 11) is 0. The molecule has 2 aliphatic heterocycles. The van der Waals surface area contributed by atoms with Crippen molar-refractivity contribution >= 4 is 0 Å². The molecular formula is C26H44N2. The Labute approximate surface area is 174 Å². The maximum atomic E-state index is 2.72. The summed E-state index contributed by atoms with van der Waals surface area (Å²) in [4.78, 5) is 5.44. The van der Waals surface area contributed by atoms with Gasteiger partial charge in [0, 0.05) is 0 Å². The summed E-state index contributed by atoms with van der Waals surface area (Å²) in [5, 5.41) is 0. The molecule has 0 spiro atoms. The molecule has 3 rings (SSSR count). The molecule has 0 bridgehead atoms. The predicted molar refractivity (Wildman–Crippen MR) is 122 cm³/mol. The molecule has 0 N–H and O–H groups in total. The van der Waals surface area contributed by atoms with E-state index in [2.05, 4.69) is 40.1 Å². The lowest BCUT2D eigenvalue weighted by atomic mass is 9.90. The van der Waals surface area contributed by atoms with Gasteiger partial charge in [0.15, 0.2) is 0 Å². The number of hydrogen-bond donors (Lipinski definition) is 0. The van der Waals surface area contributed by atoms with Gasteiger partial charge >= 0.3 is 0 Å². The van der Waals surface area contributed by atoms with Crippen LogP contribution in [0, 0.1) is 5.92 Å². The fourth-order valence-electron chi connectivity index (χ4n) is 5.25. The van der Waals surface area contributed by atoms with E-state index in [9.17, 15) is 0 Å². The highest BCUT2D eigenvalue weighted by atomic mass is 15.1. The Morgan fingerprint density at radius 1 is 0.607 bits per heavy atom. The molecule has 2 fully saturated rings. The molecule has 158 valence electrons. The Bertz CT molecular complexity index is 464. The van der Waals surface area contributed by atoms with E-state index in [-0.39, 0.29) is 0 Å². The molecule has 0 aliphatic carbocycles. The smallest absolute Gasteiger partial charge is 0.00186 e. The van der Waals surface area contributed by atoms with Crippen LogP contribution < -0.4 is 0 Å². The van der Waals surface area contributed by atoms with Crippen molar-refractivity contribution in [3.05, 3.63) is 35.9 Å². The van der Waals surface area contributed by atoms with Gasteiger partial charge in [0.2, 0.25) is 0 Å². The first-order valence-corrected chi connectivity index (χ1v) is 12.4. The number of nitrogens with zero attached hydrogens (tertiary/aromatic N) is 2. The van der Waals surface area contributed by atoms with Gasteiger partial charge < -0.3 is 9.80 Å². The van der Waals surface area contributed by atoms with Crippen molar-refractivity contribution < 1.29 is 0 Å². The van der Waals surface area contributed by atoms with Crippen LogP contribution in [0.25, 0.3) is 0 Å². The van der Waals surface area contributed by atoms with Gasteiger partial charge in [0.1, 0.15) is 0 Å². The van der Waals surface area contributed by atoms with E-state index in [1.165, 1.54) is 128 Å². The van der Waals surface area contributed by atoms with E-state index in [4.69, 9.17) is 0 Å². The van der Waals surface area contributed by atoms with Crippen molar-refractivity contribution in [3.63, 3.8) is 0 Å². The van der Waals surface area contributed by atoms with Crippen molar-refractivity contribution in [1.82, 2.24) is 9.80 Å². The molecule has 0 atom stereocenters. The first kappa shape index (κ1) is 21.8. The van der Waals surface area contributed by atoms with Gasteiger partial charge in [-0.15, -0.1) is 0 Å². The number of piperidine rings is 2. The van der Waals surface area contributed by atoms with Crippen molar-refractivity contribution in [2.24, 2.45) is 5.92 Å². The molecule has 0 saturated carbocycles. The largest absolute Gasteiger partial charge is 0.303 e. The summed E-state index contributed by atoms with van der Waals surface area (Å²) in [6, 6.07) is 11.1. The van der Waals surface area contributed by atoms with Crippen molar-refractivity contribution in [3.8, 4) is 0 Å². The van der Waals surface area contributed by atoms with E-state index in [1.54, 1.807) is 0 Å². The summed E-state index contributed by atoms with van der Waals surface area (Å²) in [6.07, 6.45) is 18.4. The molecule has 2 heterocycles. The number of benzene rings is 1. The summed E-state index contributed by atoms with van der Waals surface area (Å²) in [5.74, 6) is 0.943. The molecule has 0 amide bonds. The maximum absolute atomic E-state index is 2.72. The van der Waals surface area contributed by atoms with Crippen LogP contribution in [0.4, 0.5) is 0 Å². The first-order valence-electron chi connectivity index (χ1n) is 12.4. The molecule has 2 aliphatic rings. The monoisotopic (exact) mass is 384 g/mol. The van der Waals surface area contributed by atoms with Crippen molar-refractivity contribution in [2.45, 2.75) is 83.5 Å². The fourth-order valence-corrected chi connectivity index (χ4v) is 5.25. The lowest BCUT2D eigenvalue weighted by molar-refractivity contribution is 0.207. The predicted octanol–water partition coefficient (Wildman–Crippen LogP) is 6.16. The van der Waals surface area contributed by atoms with Crippen LogP contribution in [0.3, 0.4) is 0 Å². The molecule has 0 radical (unpaired) electrons.